The van der Waals surface area contributed by atoms with E-state index in [0.717, 1.165) is 12.2 Å². The molecule has 16 heavy (non-hydrogen) atoms. The third-order valence-electron chi connectivity index (χ3n) is 2.01. The van der Waals surface area contributed by atoms with Gasteiger partial charge in [0.25, 0.3) is 0 Å². The van der Waals surface area contributed by atoms with Crippen molar-refractivity contribution in [3.05, 3.63) is 30.3 Å². The van der Waals surface area contributed by atoms with Gasteiger partial charge in [-0.2, -0.15) is 0 Å². The van der Waals surface area contributed by atoms with Crippen molar-refractivity contribution < 1.29 is 14.3 Å². The summed E-state index contributed by atoms with van der Waals surface area (Å²) in [6, 6.07) is 9.49. The van der Waals surface area contributed by atoms with E-state index in [2.05, 4.69) is 0 Å². The molecular weight excluding hydrogens is 204 g/mol. The van der Waals surface area contributed by atoms with Crippen molar-refractivity contribution in [1.82, 2.24) is 0 Å². The fourth-order valence-electron chi connectivity index (χ4n) is 1.25. The van der Waals surface area contributed by atoms with Crippen molar-refractivity contribution in [1.29, 1.82) is 0 Å². The Morgan fingerprint density at radius 1 is 1.31 bits per heavy atom. The topological polar surface area (TPSA) is 35.5 Å². The Balaban J connectivity index is 2.25. The summed E-state index contributed by atoms with van der Waals surface area (Å²) in [5.41, 5.74) is 0. The van der Waals surface area contributed by atoms with Crippen LogP contribution in [0.3, 0.4) is 0 Å². The van der Waals surface area contributed by atoms with E-state index in [-0.39, 0.29) is 12.1 Å². The standard InChI is InChI=1S/C13H18O3/c1-3-7-13(14)16-11(2)10-15-12-8-5-4-6-9-12/h4-6,8-9,11H,3,7,10H2,1-2H3/t11-/m0/s1. The Kier molecular flexibility index (Phi) is 5.40. The van der Waals surface area contributed by atoms with Crippen molar-refractivity contribution in [2.45, 2.75) is 32.8 Å². The number of para-hydroxylation sites is 1. The molecule has 0 heterocycles. The molecule has 0 saturated carbocycles. The van der Waals surface area contributed by atoms with Gasteiger partial charge in [-0.3, -0.25) is 4.79 Å². The Hall–Kier alpha value is -1.51. The molecule has 0 saturated heterocycles. The monoisotopic (exact) mass is 222 g/mol. The maximum Gasteiger partial charge on any atom is 0.306 e. The predicted molar refractivity (Wildman–Crippen MR) is 62.4 cm³/mol. The van der Waals surface area contributed by atoms with Crippen LogP contribution >= 0.6 is 0 Å². The van der Waals surface area contributed by atoms with Crippen LogP contribution in [0.4, 0.5) is 0 Å². The van der Waals surface area contributed by atoms with Gasteiger partial charge in [0.1, 0.15) is 18.5 Å². The average molecular weight is 222 g/mol. The smallest absolute Gasteiger partial charge is 0.306 e. The van der Waals surface area contributed by atoms with Gasteiger partial charge in [-0.05, 0) is 25.5 Å². The average Bonchev–Trinajstić information content (AvgIpc) is 2.28. The maximum absolute atomic E-state index is 11.2. The molecule has 0 aliphatic carbocycles. The zero-order valence-corrected chi connectivity index (χ0v) is 9.81. The van der Waals surface area contributed by atoms with Gasteiger partial charge in [-0.15, -0.1) is 0 Å². The zero-order valence-electron chi connectivity index (χ0n) is 9.81. The number of hydrogen-bond acceptors (Lipinski definition) is 3. The van der Waals surface area contributed by atoms with E-state index in [4.69, 9.17) is 9.47 Å². The molecule has 1 aromatic carbocycles. The summed E-state index contributed by atoms with van der Waals surface area (Å²) in [6.45, 7) is 4.17. The summed E-state index contributed by atoms with van der Waals surface area (Å²) in [5.74, 6) is 0.632. The third-order valence-corrected chi connectivity index (χ3v) is 2.01. The lowest BCUT2D eigenvalue weighted by atomic mass is 10.3. The molecule has 1 atom stereocenters. The molecule has 0 aliphatic rings. The minimum absolute atomic E-state index is 0.160. The van der Waals surface area contributed by atoms with Gasteiger partial charge in [0.15, 0.2) is 0 Å². The van der Waals surface area contributed by atoms with E-state index in [1.807, 2.05) is 44.2 Å². The number of hydrogen-bond donors (Lipinski definition) is 0. The zero-order chi connectivity index (χ0) is 11.8. The van der Waals surface area contributed by atoms with Crippen LogP contribution in [0.5, 0.6) is 5.75 Å². The predicted octanol–water partition coefficient (Wildman–Crippen LogP) is 2.80. The van der Waals surface area contributed by atoms with Crippen molar-refractivity contribution in [3.63, 3.8) is 0 Å². The minimum atomic E-state index is -0.209. The molecule has 0 aromatic heterocycles. The van der Waals surface area contributed by atoms with Crippen LogP contribution in [0.2, 0.25) is 0 Å². The Morgan fingerprint density at radius 3 is 2.62 bits per heavy atom. The van der Waals surface area contributed by atoms with Crippen molar-refractivity contribution in [3.8, 4) is 5.75 Å². The van der Waals surface area contributed by atoms with Gasteiger partial charge >= 0.3 is 5.97 Å². The highest BCUT2D eigenvalue weighted by atomic mass is 16.6. The van der Waals surface area contributed by atoms with E-state index in [1.165, 1.54) is 0 Å². The Bertz CT molecular complexity index is 308. The van der Waals surface area contributed by atoms with Crippen molar-refractivity contribution >= 4 is 5.97 Å². The number of benzene rings is 1. The van der Waals surface area contributed by atoms with Crippen LogP contribution in [-0.4, -0.2) is 18.7 Å². The Morgan fingerprint density at radius 2 is 2.00 bits per heavy atom. The highest BCUT2D eigenvalue weighted by Crippen LogP contribution is 2.09. The fourth-order valence-corrected chi connectivity index (χ4v) is 1.25. The molecule has 0 unspecified atom stereocenters. The normalized spacial score (nSPS) is 11.9. The SMILES string of the molecule is CCCC(=O)O[C@@H](C)COc1ccccc1. The second kappa shape index (κ2) is 6.88. The molecule has 1 rings (SSSR count). The number of esters is 1. The first-order valence-corrected chi connectivity index (χ1v) is 5.59. The van der Waals surface area contributed by atoms with Crippen molar-refractivity contribution in [2.75, 3.05) is 6.61 Å². The lowest BCUT2D eigenvalue weighted by Crippen LogP contribution is -2.21. The molecule has 88 valence electrons. The lowest BCUT2D eigenvalue weighted by Gasteiger charge is -2.14. The molecule has 0 fully saturated rings. The van der Waals surface area contributed by atoms with Gasteiger partial charge in [0.05, 0.1) is 0 Å². The maximum atomic E-state index is 11.2. The van der Waals surface area contributed by atoms with E-state index in [0.29, 0.717) is 13.0 Å². The first-order valence-electron chi connectivity index (χ1n) is 5.59. The molecule has 0 amide bonds. The van der Waals surface area contributed by atoms with Crippen LogP contribution < -0.4 is 4.74 Å². The summed E-state index contributed by atoms with van der Waals surface area (Å²) in [5, 5.41) is 0. The highest BCUT2D eigenvalue weighted by Gasteiger charge is 2.08. The summed E-state index contributed by atoms with van der Waals surface area (Å²) >= 11 is 0. The number of carbonyl (C=O) groups is 1. The highest BCUT2D eigenvalue weighted by molar-refractivity contribution is 5.69. The number of rotatable bonds is 6. The number of ether oxygens (including phenoxy) is 2. The van der Waals surface area contributed by atoms with E-state index < -0.39 is 0 Å². The second-order valence-corrected chi connectivity index (χ2v) is 3.67. The summed E-state index contributed by atoms with van der Waals surface area (Å²) < 4.78 is 10.6. The van der Waals surface area contributed by atoms with Gasteiger partial charge < -0.3 is 9.47 Å². The van der Waals surface area contributed by atoms with Crippen LogP contribution in [0, 0.1) is 0 Å². The molecule has 0 bridgehead atoms. The molecule has 0 radical (unpaired) electrons. The van der Waals surface area contributed by atoms with Crippen LogP contribution in [-0.2, 0) is 9.53 Å². The van der Waals surface area contributed by atoms with Gasteiger partial charge in [0, 0.05) is 6.42 Å². The molecular formula is C13H18O3. The largest absolute Gasteiger partial charge is 0.490 e. The van der Waals surface area contributed by atoms with Gasteiger partial charge in [-0.25, -0.2) is 0 Å². The first-order chi connectivity index (χ1) is 7.72. The summed E-state index contributed by atoms with van der Waals surface area (Å²) in [6.07, 6.45) is 1.07. The molecule has 3 nitrogen and oxygen atoms in total. The van der Waals surface area contributed by atoms with Gasteiger partial charge in [0.2, 0.25) is 0 Å². The van der Waals surface area contributed by atoms with Crippen LogP contribution in [0.25, 0.3) is 0 Å². The van der Waals surface area contributed by atoms with E-state index in [9.17, 15) is 4.79 Å². The summed E-state index contributed by atoms with van der Waals surface area (Å²) in [4.78, 5) is 11.2. The summed E-state index contributed by atoms with van der Waals surface area (Å²) in [7, 11) is 0. The van der Waals surface area contributed by atoms with E-state index >= 15 is 0 Å². The number of carbonyl (C=O) groups excluding carboxylic acids is 1. The van der Waals surface area contributed by atoms with Crippen LogP contribution in [0.15, 0.2) is 30.3 Å². The van der Waals surface area contributed by atoms with Crippen molar-refractivity contribution in [2.24, 2.45) is 0 Å². The molecule has 3 heteroatoms. The van der Waals surface area contributed by atoms with E-state index in [1.54, 1.807) is 0 Å². The third kappa shape index (κ3) is 4.82. The fraction of sp³-hybridized carbons (Fsp3) is 0.462. The molecule has 0 spiro atoms. The lowest BCUT2D eigenvalue weighted by molar-refractivity contribution is -0.149. The Labute approximate surface area is 96.4 Å². The minimum Gasteiger partial charge on any atom is -0.490 e. The first kappa shape index (κ1) is 12.6. The van der Waals surface area contributed by atoms with Crippen LogP contribution in [0.1, 0.15) is 26.7 Å². The van der Waals surface area contributed by atoms with Gasteiger partial charge in [-0.1, -0.05) is 25.1 Å². The quantitative estimate of drug-likeness (QED) is 0.694. The molecule has 1 aromatic rings. The molecule has 0 aliphatic heterocycles. The second-order valence-electron chi connectivity index (χ2n) is 3.67. The molecule has 0 N–H and O–H groups in total.